The number of anilines is 1. The summed E-state index contributed by atoms with van der Waals surface area (Å²) in [6.45, 7) is 5.77. The third kappa shape index (κ3) is 4.22. The number of likely N-dealkylation sites (tertiary alicyclic amines) is 2. The van der Waals surface area contributed by atoms with Gasteiger partial charge >= 0.3 is 0 Å². The van der Waals surface area contributed by atoms with Crippen LogP contribution in [0.4, 0.5) is 5.69 Å². The lowest BCUT2D eigenvalue weighted by Gasteiger charge is -2.47. The normalized spacial score (nSPS) is 22.7. The molecule has 2 fully saturated rings. The lowest BCUT2D eigenvalue weighted by Crippen LogP contribution is -2.53. The van der Waals surface area contributed by atoms with E-state index in [1.807, 2.05) is 21.6 Å². The minimum absolute atomic E-state index is 0.0109. The molecule has 1 N–H and O–H groups in total. The molecule has 1 aromatic heterocycles. The Morgan fingerprint density at radius 3 is 2.53 bits per heavy atom. The van der Waals surface area contributed by atoms with E-state index in [-0.39, 0.29) is 23.3 Å². The number of nitrogens with one attached hydrogen (secondary N) is 1. The summed E-state index contributed by atoms with van der Waals surface area (Å²) in [6.07, 6.45) is 2.99. The number of nitrogens with zero attached hydrogens (tertiary/aromatic N) is 3. The van der Waals surface area contributed by atoms with Crippen LogP contribution in [0.1, 0.15) is 48.2 Å². The van der Waals surface area contributed by atoms with Crippen LogP contribution in [0.25, 0.3) is 0 Å². The number of rotatable bonds is 4. The first kappa shape index (κ1) is 22.7. The summed E-state index contributed by atoms with van der Waals surface area (Å²) in [7, 11) is 1.55. The molecular formula is C26H32N4O4. The number of para-hydroxylation sites is 1. The van der Waals surface area contributed by atoms with Gasteiger partial charge in [0.15, 0.2) is 0 Å². The van der Waals surface area contributed by atoms with Crippen LogP contribution in [0.15, 0.2) is 41.2 Å². The first-order chi connectivity index (χ1) is 16.4. The molecule has 180 valence electrons. The molecule has 34 heavy (non-hydrogen) atoms. The zero-order valence-corrected chi connectivity index (χ0v) is 19.8. The van der Waals surface area contributed by atoms with E-state index in [0.29, 0.717) is 35.5 Å². The Kier molecular flexibility index (Phi) is 6.16. The van der Waals surface area contributed by atoms with Gasteiger partial charge in [-0.3, -0.25) is 19.3 Å². The molecule has 0 radical (unpaired) electrons. The fraction of sp³-hybridized carbons (Fsp3) is 0.500. The van der Waals surface area contributed by atoms with Crippen LogP contribution in [0.3, 0.4) is 0 Å². The molecule has 8 nitrogen and oxygen atoms in total. The monoisotopic (exact) mass is 464 g/mol. The fourth-order valence-electron chi connectivity index (χ4n) is 6.02. The van der Waals surface area contributed by atoms with Crippen molar-refractivity contribution in [3.8, 4) is 5.75 Å². The molecule has 0 saturated carbocycles. The van der Waals surface area contributed by atoms with Gasteiger partial charge in [0.05, 0.1) is 18.4 Å². The molecular weight excluding hydrogens is 432 g/mol. The van der Waals surface area contributed by atoms with E-state index in [9.17, 15) is 14.4 Å². The van der Waals surface area contributed by atoms with Crippen molar-refractivity contribution >= 4 is 17.5 Å². The van der Waals surface area contributed by atoms with Crippen molar-refractivity contribution < 1.29 is 14.3 Å². The van der Waals surface area contributed by atoms with Crippen molar-refractivity contribution in [2.75, 3.05) is 38.6 Å². The first-order valence-corrected chi connectivity index (χ1v) is 12.1. The second kappa shape index (κ2) is 9.25. The molecule has 4 heterocycles. The number of ether oxygens (including phenoxy) is 1. The molecule has 0 spiro atoms. The maximum Gasteiger partial charge on any atom is 0.259 e. The van der Waals surface area contributed by atoms with Gasteiger partial charge in [-0.25, -0.2) is 0 Å². The van der Waals surface area contributed by atoms with E-state index in [1.165, 1.54) is 0 Å². The summed E-state index contributed by atoms with van der Waals surface area (Å²) < 4.78 is 7.23. The highest BCUT2D eigenvalue weighted by atomic mass is 16.5. The van der Waals surface area contributed by atoms with Gasteiger partial charge in [0, 0.05) is 63.4 Å². The number of pyridine rings is 1. The Balaban J connectivity index is 1.39. The maximum atomic E-state index is 13.1. The summed E-state index contributed by atoms with van der Waals surface area (Å²) in [5, 5.41) is 3.06. The van der Waals surface area contributed by atoms with Gasteiger partial charge in [0.25, 0.3) is 11.5 Å². The molecule has 2 atom stereocenters. The van der Waals surface area contributed by atoms with Crippen molar-refractivity contribution in [3.05, 3.63) is 58.0 Å². The van der Waals surface area contributed by atoms with Gasteiger partial charge in [-0.05, 0) is 43.4 Å². The molecule has 8 heteroatoms. The van der Waals surface area contributed by atoms with Crippen LogP contribution < -0.4 is 15.6 Å². The molecule has 2 aromatic rings. The number of carbonyl (C=O) groups is 2. The average molecular weight is 465 g/mol. The predicted octanol–water partition coefficient (Wildman–Crippen LogP) is 2.54. The second-order valence-corrected chi connectivity index (χ2v) is 9.73. The van der Waals surface area contributed by atoms with Gasteiger partial charge in [-0.1, -0.05) is 12.1 Å². The zero-order chi connectivity index (χ0) is 23.8. The fourth-order valence-corrected chi connectivity index (χ4v) is 6.02. The quantitative estimate of drug-likeness (QED) is 0.752. The van der Waals surface area contributed by atoms with Gasteiger partial charge in [0.2, 0.25) is 5.91 Å². The van der Waals surface area contributed by atoms with Crippen LogP contribution in [0.5, 0.6) is 5.75 Å². The summed E-state index contributed by atoms with van der Waals surface area (Å²) in [4.78, 5) is 42.1. The van der Waals surface area contributed by atoms with Crippen molar-refractivity contribution in [1.29, 1.82) is 0 Å². The van der Waals surface area contributed by atoms with Crippen molar-refractivity contribution in [1.82, 2.24) is 14.4 Å². The number of amides is 2. The van der Waals surface area contributed by atoms with Gasteiger partial charge in [-0.15, -0.1) is 0 Å². The van der Waals surface area contributed by atoms with Crippen LogP contribution in [0, 0.1) is 5.92 Å². The van der Waals surface area contributed by atoms with Gasteiger partial charge < -0.3 is 19.5 Å². The Labute approximate surface area is 199 Å². The summed E-state index contributed by atoms with van der Waals surface area (Å²) in [5.74, 6) is 1.01. The van der Waals surface area contributed by atoms with Gasteiger partial charge in [0.1, 0.15) is 5.75 Å². The molecule has 2 saturated heterocycles. The minimum atomic E-state index is -0.245. The standard InChI is InChI=1S/C26H32N4O4/c1-17(31)28-11-9-20(10-12-28)29-14-18-13-19(16-29)25-22(7-8-24(32)30(25)15-18)27-26(33)21-5-3-4-6-23(21)34-2/h3-8,18-20H,9-16H2,1-2H3,(H,27,33). The Hall–Kier alpha value is -3.13. The molecule has 2 amide bonds. The molecule has 3 aliphatic heterocycles. The van der Waals surface area contributed by atoms with Crippen molar-refractivity contribution in [2.24, 2.45) is 5.92 Å². The summed E-state index contributed by atoms with van der Waals surface area (Å²) >= 11 is 0. The van der Waals surface area contributed by atoms with Crippen LogP contribution in [-0.2, 0) is 11.3 Å². The van der Waals surface area contributed by atoms with Gasteiger partial charge in [-0.2, -0.15) is 0 Å². The van der Waals surface area contributed by atoms with E-state index >= 15 is 0 Å². The van der Waals surface area contributed by atoms with Crippen LogP contribution in [0.2, 0.25) is 0 Å². The van der Waals surface area contributed by atoms with E-state index in [2.05, 4.69) is 10.2 Å². The molecule has 2 bridgehead atoms. The number of carbonyl (C=O) groups excluding carboxylic acids is 2. The average Bonchev–Trinajstić information content (AvgIpc) is 2.85. The molecule has 1 aromatic carbocycles. The molecule has 2 unspecified atom stereocenters. The van der Waals surface area contributed by atoms with E-state index in [0.717, 1.165) is 51.1 Å². The largest absolute Gasteiger partial charge is 0.496 e. The van der Waals surface area contributed by atoms with E-state index in [1.54, 1.807) is 38.3 Å². The second-order valence-electron chi connectivity index (χ2n) is 9.73. The Morgan fingerprint density at radius 2 is 1.79 bits per heavy atom. The lowest BCUT2D eigenvalue weighted by molar-refractivity contribution is -0.130. The highest BCUT2D eigenvalue weighted by Crippen LogP contribution is 2.40. The van der Waals surface area contributed by atoms with Crippen LogP contribution in [-0.4, -0.2) is 65.5 Å². The Morgan fingerprint density at radius 1 is 1.03 bits per heavy atom. The summed E-state index contributed by atoms with van der Waals surface area (Å²) in [5.41, 5.74) is 2.08. The molecule has 3 aliphatic rings. The topological polar surface area (TPSA) is 83.9 Å². The van der Waals surface area contributed by atoms with Crippen molar-refractivity contribution in [3.63, 3.8) is 0 Å². The van der Waals surface area contributed by atoms with E-state index in [4.69, 9.17) is 4.74 Å². The first-order valence-electron chi connectivity index (χ1n) is 12.1. The number of hydrogen-bond donors (Lipinski definition) is 1. The highest BCUT2D eigenvalue weighted by molar-refractivity contribution is 6.06. The van der Waals surface area contributed by atoms with E-state index < -0.39 is 0 Å². The minimum Gasteiger partial charge on any atom is -0.496 e. The third-order valence-corrected chi connectivity index (χ3v) is 7.64. The van der Waals surface area contributed by atoms with Crippen molar-refractivity contribution in [2.45, 2.75) is 44.7 Å². The Bertz CT molecular complexity index is 1150. The third-order valence-electron chi connectivity index (χ3n) is 7.64. The number of benzene rings is 1. The maximum absolute atomic E-state index is 13.1. The number of hydrogen-bond acceptors (Lipinski definition) is 5. The molecule has 0 aliphatic carbocycles. The predicted molar refractivity (Wildman–Crippen MR) is 129 cm³/mol. The number of aromatic nitrogens is 1. The highest BCUT2D eigenvalue weighted by Gasteiger charge is 2.39. The summed E-state index contributed by atoms with van der Waals surface area (Å²) in [6, 6.07) is 10.9. The SMILES string of the molecule is COc1ccccc1C(=O)Nc1ccc(=O)n2c1C1CC(CN(C3CCN(C(C)=O)CC3)C1)C2. The number of piperidine rings is 2. The lowest BCUT2D eigenvalue weighted by atomic mass is 9.81. The smallest absolute Gasteiger partial charge is 0.259 e. The zero-order valence-electron chi connectivity index (χ0n) is 19.8. The van der Waals surface area contributed by atoms with Crippen LogP contribution >= 0.6 is 0 Å². The molecule has 5 rings (SSSR count). The number of fused-ring (bicyclic) bond motifs is 4. The number of methoxy groups -OCH3 is 1.